The molecule has 0 unspecified atom stereocenters. The first kappa shape index (κ1) is 14.0. The zero-order chi connectivity index (χ0) is 14.2. The first-order valence-corrected chi connectivity index (χ1v) is 7.75. The van der Waals surface area contributed by atoms with Crippen LogP contribution in [0, 0.1) is 12.3 Å². The summed E-state index contributed by atoms with van der Waals surface area (Å²) >= 11 is 0. The van der Waals surface area contributed by atoms with E-state index in [-0.39, 0.29) is 5.60 Å². The van der Waals surface area contributed by atoms with E-state index in [2.05, 4.69) is 36.7 Å². The lowest BCUT2D eigenvalue weighted by Crippen LogP contribution is -2.40. The zero-order valence-corrected chi connectivity index (χ0v) is 13.0. The Morgan fingerprint density at radius 3 is 2.65 bits per heavy atom. The molecular weight excluding hydrogens is 248 g/mol. The molecule has 2 aliphatic rings. The number of aromatic nitrogens is 1. The lowest BCUT2D eigenvalue weighted by molar-refractivity contribution is 0.0242. The van der Waals surface area contributed by atoms with Gasteiger partial charge in [0, 0.05) is 12.7 Å². The molecule has 0 bridgehead atoms. The lowest BCUT2D eigenvalue weighted by Gasteiger charge is -2.38. The van der Waals surface area contributed by atoms with Crippen LogP contribution in [-0.4, -0.2) is 35.2 Å². The Labute approximate surface area is 122 Å². The van der Waals surface area contributed by atoms with E-state index in [1.165, 1.54) is 43.6 Å². The molecule has 2 saturated heterocycles. The van der Waals surface area contributed by atoms with E-state index in [0.717, 1.165) is 13.2 Å². The minimum absolute atomic E-state index is 0.0831. The van der Waals surface area contributed by atoms with E-state index in [9.17, 15) is 0 Å². The molecule has 0 aliphatic carbocycles. The van der Waals surface area contributed by atoms with Crippen molar-refractivity contribution in [2.75, 3.05) is 19.7 Å². The van der Waals surface area contributed by atoms with Crippen LogP contribution in [0.25, 0.3) is 0 Å². The second-order valence-electron chi connectivity index (χ2n) is 7.27. The molecule has 0 saturated carbocycles. The molecule has 0 atom stereocenters. The molecular formula is C17H26N2O. The fraction of sp³-hybridized carbons (Fsp3) is 0.706. The molecule has 3 heterocycles. The van der Waals surface area contributed by atoms with E-state index in [1.807, 2.05) is 12.3 Å². The van der Waals surface area contributed by atoms with Crippen LogP contribution in [0.3, 0.4) is 0 Å². The van der Waals surface area contributed by atoms with Crippen molar-refractivity contribution in [2.24, 2.45) is 5.41 Å². The number of rotatable bonds is 2. The third-order valence-corrected chi connectivity index (χ3v) is 4.98. The van der Waals surface area contributed by atoms with E-state index in [0.29, 0.717) is 5.41 Å². The smallest absolute Gasteiger partial charge is 0.0633 e. The summed E-state index contributed by atoms with van der Waals surface area (Å²) in [6, 6.07) is 4.17. The summed E-state index contributed by atoms with van der Waals surface area (Å²) in [5, 5.41) is 0. The van der Waals surface area contributed by atoms with Crippen LogP contribution < -0.4 is 0 Å². The van der Waals surface area contributed by atoms with Crippen molar-refractivity contribution in [3.63, 3.8) is 0 Å². The predicted octanol–water partition coefficient (Wildman–Crippen LogP) is 3.17. The number of hydrogen-bond acceptors (Lipinski definition) is 3. The Kier molecular flexibility index (Phi) is 3.59. The quantitative estimate of drug-likeness (QED) is 0.828. The van der Waals surface area contributed by atoms with Gasteiger partial charge in [-0.05, 0) is 70.2 Å². The molecule has 3 heteroatoms. The summed E-state index contributed by atoms with van der Waals surface area (Å²) in [5.74, 6) is 0. The fourth-order valence-corrected chi connectivity index (χ4v) is 3.76. The van der Waals surface area contributed by atoms with Gasteiger partial charge in [-0.25, -0.2) is 0 Å². The van der Waals surface area contributed by atoms with Gasteiger partial charge < -0.3 is 4.74 Å². The van der Waals surface area contributed by atoms with Gasteiger partial charge in [-0.1, -0.05) is 6.07 Å². The highest BCUT2D eigenvalue weighted by atomic mass is 16.5. The number of pyridine rings is 1. The van der Waals surface area contributed by atoms with E-state index >= 15 is 0 Å². The molecule has 0 aromatic carbocycles. The van der Waals surface area contributed by atoms with Crippen molar-refractivity contribution in [1.82, 2.24) is 9.88 Å². The molecule has 1 aromatic rings. The van der Waals surface area contributed by atoms with Gasteiger partial charge in [0.1, 0.15) is 0 Å². The highest BCUT2D eigenvalue weighted by Gasteiger charge is 2.45. The Hall–Kier alpha value is -0.930. The van der Waals surface area contributed by atoms with Crippen molar-refractivity contribution in [3.05, 3.63) is 29.6 Å². The Morgan fingerprint density at radius 2 is 2.05 bits per heavy atom. The van der Waals surface area contributed by atoms with Crippen LogP contribution in [0.15, 0.2) is 18.3 Å². The summed E-state index contributed by atoms with van der Waals surface area (Å²) in [5.41, 5.74) is 3.06. The predicted molar refractivity (Wildman–Crippen MR) is 80.6 cm³/mol. The summed E-state index contributed by atoms with van der Waals surface area (Å²) in [7, 11) is 0. The molecule has 0 radical (unpaired) electrons. The maximum atomic E-state index is 5.98. The van der Waals surface area contributed by atoms with Crippen LogP contribution in [0.1, 0.15) is 44.4 Å². The van der Waals surface area contributed by atoms with Crippen LogP contribution in [0.4, 0.5) is 0 Å². The van der Waals surface area contributed by atoms with Crippen molar-refractivity contribution in [2.45, 2.75) is 52.2 Å². The topological polar surface area (TPSA) is 25.4 Å². The number of hydrogen-bond donors (Lipinski definition) is 0. The molecule has 1 spiro atoms. The molecule has 0 amide bonds. The minimum Gasteiger partial charge on any atom is -0.375 e. The molecule has 20 heavy (non-hydrogen) atoms. The summed E-state index contributed by atoms with van der Waals surface area (Å²) in [6.07, 6.45) is 5.65. The van der Waals surface area contributed by atoms with Gasteiger partial charge in [0.05, 0.1) is 17.9 Å². The van der Waals surface area contributed by atoms with Gasteiger partial charge in [0.15, 0.2) is 0 Å². The van der Waals surface area contributed by atoms with E-state index < -0.39 is 0 Å². The largest absolute Gasteiger partial charge is 0.375 e. The van der Waals surface area contributed by atoms with Gasteiger partial charge in [0.2, 0.25) is 0 Å². The monoisotopic (exact) mass is 274 g/mol. The highest BCUT2D eigenvalue weighted by Crippen LogP contribution is 2.46. The van der Waals surface area contributed by atoms with Crippen molar-refractivity contribution >= 4 is 0 Å². The minimum atomic E-state index is 0.0831. The fourth-order valence-electron chi connectivity index (χ4n) is 3.76. The van der Waals surface area contributed by atoms with Gasteiger partial charge in [-0.3, -0.25) is 9.88 Å². The number of nitrogens with zero attached hydrogens (tertiary/aromatic N) is 2. The van der Waals surface area contributed by atoms with E-state index in [4.69, 9.17) is 4.74 Å². The van der Waals surface area contributed by atoms with Gasteiger partial charge in [0.25, 0.3) is 0 Å². The molecule has 3 nitrogen and oxygen atoms in total. The van der Waals surface area contributed by atoms with Gasteiger partial charge >= 0.3 is 0 Å². The third kappa shape index (κ3) is 2.89. The van der Waals surface area contributed by atoms with Crippen molar-refractivity contribution in [1.29, 1.82) is 0 Å². The Balaban J connectivity index is 1.58. The normalized spacial score (nSPS) is 25.1. The first-order valence-electron chi connectivity index (χ1n) is 7.75. The lowest BCUT2D eigenvalue weighted by atomic mass is 9.74. The summed E-state index contributed by atoms with van der Waals surface area (Å²) in [6.45, 7) is 10.9. The van der Waals surface area contributed by atoms with Crippen LogP contribution in [0.5, 0.6) is 0 Å². The first-order chi connectivity index (χ1) is 9.48. The number of aryl methyl sites for hydroxylation is 1. The van der Waals surface area contributed by atoms with Crippen LogP contribution in [-0.2, 0) is 11.3 Å². The van der Waals surface area contributed by atoms with Crippen LogP contribution >= 0.6 is 0 Å². The second-order valence-corrected chi connectivity index (χ2v) is 7.27. The molecule has 1 aromatic heterocycles. The molecule has 2 aliphatic heterocycles. The van der Waals surface area contributed by atoms with Gasteiger partial charge in [-0.2, -0.15) is 0 Å². The van der Waals surface area contributed by atoms with Gasteiger partial charge in [-0.15, -0.1) is 0 Å². The number of piperidine rings is 1. The summed E-state index contributed by atoms with van der Waals surface area (Å²) in [4.78, 5) is 7.07. The van der Waals surface area contributed by atoms with Crippen LogP contribution in [0.2, 0.25) is 0 Å². The Bertz CT molecular complexity index is 476. The van der Waals surface area contributed by atoms with E-state index in [1.54, 1.807) is 0 Å². The average Bonchev–Trinajstić information content (AvgIpc) is 2.71. The Morgan fingerprint density at radius 1 is 1.30 bits per heavy atom. The molecule has 2 fully saturated rings. The summed E-state index contributed by atoms with van der Waals surface area (Å²) < 4.78 is 5.98. The molecule has 110 valence electrons. The third-order valence-electron chi connectivity index (χ3n) is 4.98. The molecule has 3 rings (SSSR count). The number of likely N-dealkylation sites (tertiary alicyclic amines) is 1. The number of ether oxygens (including phenoxy) is 1. The maximum Gasteiger partial charge on any atom is 0.0633 e. The SMILES string of the molecule is Cc1cccnc1CN1CCC2(CC1)COC(C)(C)C2. The average molecular weight is 274 g/mol. The second kappa shape index (κ2) is 5.12. The van der Waals surface area contributed by atoms with Crippen molar-refractivity contribution < 1.29 is 4.74 Å². The maximum absolute atomic E-state index is 5.98. The standard InChI is InChI=1S/C17H26N2O/c1-14-5-4-8-18-15(14)11-19-9-6-17(7-10-19)12-16(2,3)20-13-17/h4-5,8H,6-7,9-13H2,1-3H3. The van der Waals surface area contributed by atoms with Crippen molar-refractivity contribution in [3.8, 4) is 0 Å². The zero-order valence-electron chi connectivity index (χ0n) is 13.0. The highest BCUT2D eigenvalue weighted by molar-refractivity contribution is 5.17. The molecule has 0 N–H and O–H groups in total.